The number of amides is 1. The fourth-order valence-corrected chi connectivity index (χ4v) is 0.898. The van der Waals surface area contributed by atoms with Gasteiger partial charge in [-0.3, -0.25) is 0 Å². The Kier molecular flexibility index (Phi) is 3.67. The molecule has 0 spiro atoms. The van der Waals surface area contributed by atoms with Gasteiger partial charge in [0.2, 0.25) is 0 Å². The van der Waals surface area contributed by atoms with E-state index in [0.29, 0.717) is 12.1 Å². The Bertz CT molecular complexity index is 321. The molecule has 74 valence electrons. The minimum Gasteiger partial charge on any atom is -0.373 e. The van der Waals surface area contributed by atoms with Crippen LogP contribution < -0.4 is 5.32 Å². The summed E-state index contributed by atoms with van der Waals surface area (Å²) in [5, 5.41) is 2.36. The van der Waals surface area contributed by atoms with Crippen molar-refractivity contribution >= 4 is 12.1 Å². The maximum Gasteiger partial charge on any atom is 0.415 e. The average Bonchev–Trinajstić information content (AvgIpc) is 2.19. The van der Waals surface area contributed by atoms with E-state index in [4.69, 9.17) is 0 Å². The van der Waals surface area contributed by atoms with Crippen LogP contribution in [0.1, 0.15) is 17.3 Å². The maximum atomic E-state index is 11.2. The highest BCUT2D eigenvalue weighted by Gasteiger charge is 2.10. The lowest BCUT2D eigenvalue weighted by molar-refractivity contribution is 0.0623. The molecule has 0 aliphatic heterocycles. The molecule has 1 aromatic rings. The summed E-state index contributed by atoms with van der Waals surface area (Å²) in [4.78, 5) is 22.1. The summed E-state index contributed by atoms with van der Waals surface area (Å²) >= 11 is 0. The van der Waals surface area contributed by atoms with Gasteiger partial charge in [-0.1, -0.05) is 18.2 Å². The van der Waals surface area contributed by atoms with Gasteiger partial charge in [-0.25, -0.2) is 9.59 Å². The Labute approximate surface area is 81.9 Å². The van der Waals surface area contributed by atoms with Crippen molar-refractivity contribution in [1.82, 2.24) is 5.32 Å². The van der Waals surface area contributed by atoms with Crippen molar-refractivity contribution in [1.29, 1.82) is 0 Å². The van der Waals surface area contributed by atoms with Crippen LogP contribution in [-0.4, -0.2) is 18.6 Å². The fourth-order valence-electron chi connectivity index (χ4n) is 0.898. The molecule has 0 aliphatic rings. The quantitative estimate of drug-likeness (QED) is 0.573. The van der Waals surface area contributed by atoms with Crippen molar-refractivity contribution in [3.05, 3.63) is 35.9 Å². The van der Waals surface area contributed by atoms with Crippen LogP contribution in [0.15, 0.2) is 30.3 Å². The molecule has 1 N–H and O–H groups in total. The lowest BCUT2D eigenvalue weighted by Gasteiger charge is -2.02. The molecule has 0 bridgehead atoms. The molecule has 0 atom stereocenters. The SMILES string of the molecule is CCNC(=O)OC(=O)c1ccccc1. The number of alkyl carbamates (subject to hydrolysis) is 1. The predicted octanol–water partition coefficient (Wildman–Crippen LogP) is 1.57. The molecule has 4 heteroatoms. The smallest absolute Gasteiger partial charge is 0.373 e. The van der Waals surface area contributed by atoms with Crippen LogP contribution in [-0.2, 0) is 4.74 Å². The summed E-state index contributed by atoms with van der Waals surface area (Å²) in [5.74, 6) is -0.642. The van der Waals surface area contributed by atoms with E-state index < -0.39 is 12.1 Å². The van der Waals surface area contributed by atoms with Crippen molar-refractivity contribution in [3.63, 3.8) is 0 Å². The van der Waals surface area contributed by atoms with Gasteiger partial charge in [0.05, 0.1) is 5.56 Å². The number of nitrogens with one attached hydrogen (secondary N) is 1. The van der Waals surface area contributed by atoms with Crippen LogP contribution in [0.2, 0.25) is 0 Å². The van der Waals surface area contributed by atoms with E-state index in [0.717, 1.165) is 0 Å². The Balaban J connectivity index is 2.55. The summed E-state index contributed by atoms with van der Waals surface area (Å²) in [6.07, 6.45) is -0.721. The van der Waals surface area contributed by atoms with Gasteiger partial charge in [-0.15, -0.1) is 0 Å². The first kappa shape index (κ1) is 10.2. The molecule has 0 heterocycles. The Morgan fingerprint density at radius 3 is 2.50 bits per heavy atom. The van der Waals surface area contributed by atoms with Crippen molar-refractivity contribution in [2.45, 2.75) is 6.92 Å². The highest BCUT2D eigenvalue weighted by atomic mass is 16.6. The third-order valence-corrected chi connectivity index (χ3v) is 1.52. The van der Waals surface area contributed by atoms with E-state index in [9.17, 15) is 9.59 Å². The zero-order valence-corrected chi connectivity index (χ0v) is 7.82. The molecular weight excluding hydrogens is 182 g/mol. The highest BCUT2D eigenvalue weighted by Crippen LogP contribution is 2.00. The number of esters is 1. The van der Waals surface area contributed by atoms with Crippen molar-refractivity contribution in [2.24, 2.45) is 0 Å². The average molecular weight is 193 g/mol. The molecule has 0 aromatic heterocycles. The largest absolute Gasteiger partial charge is 0.415 e. The van der Waals surface area contributed by atoms with E-state index in [2.05, 4.69) is 10.1 Å². The maximum absolute atomic E-state index is 11.2. The monoisotopic (exact) mass is 193 g/mol. The number of ether oxygens (including phenoxy) is 1. The van der Waals surface area contributed by atoms with Gasteiger partial charge in [0.25, 0.3) is 0 Å². The van der Waals surface area contributed by atoms with Gasteiger partial charge in [0, 0.05) is 6.54 Å². The standard InChI is InChI=1S/C10H11NO3/c1-2-11-10(13)14-9(12)8-6-4-3-5-7-8/h3-7H,2H2,1H3,(H,11,13). The highest BCUT2D eigenvalue weighted by molar-refractivity contribution is 5.96. The predicted molar refractivity (Wildman–Crippen MR) is 50.9 cm³/mol. The first-order valence-electron chi connectivity index (χ1n) is 4.29. The first-order valence-corrected chi connectivity index (χ1v) is 4.29. The number of hydrogen-bond donors (Lipinski definition) is 1. The molecule has 0 saturated heterocycles. The van der Waals surface area contributed by atoms with E-state index in [-0.39, 0.29) is 0 Å². The van der Waals surface area contributed by atoms with E-state index in [1.165, 1.54) is 0 Å². The van der Waals surface area contributed by atoms with Crippen molar-refractivity contribution < 1.29 is 14.3 Å². The summed E-state index contributed by atoms with van der Waals surface area (Å²) in [7, 11) is 0. The van der Waals surface area contributed by atoms with Gasteiger partial charge >= 0.3 is 12.1 Å². The number of carbonyl (C=O) groups is 2. The lowest BCUT2D eigenvalue weighted by Crippen LogP contribution is -2.26. The summed E-state index contributed by atoms with van der Waals surface area (Å²) in [6, 6.07) is 8.36. The molecular formula is C10H11NO3. The molecule has 0 aliphatic carbocycles. The van der Waals surface area contributed by atoms with Crippen LogP contribution in [0.4, 0.5) is 4.79 Å². The number of benzene rings is 1. The van der Waals surface area contributed by atoms with Gasteiger partial charge in [-0.2, -0.15) is 0 Å². The van der Waals surface area contributed by atoms with Gasteiger partial charge < -0.3 is 10.1 Å². The number of carbonyl (C=O) groups excluding carboxylic acids is 2. The van der Waals surface area contributed by atoms with Gasteiger partial charge in [-0.05, 0) is 19.1 Å². The number of hydrogen-bond acceptors (Lipinski definition) is 3. The van der Waals surface area contributed by atoms with Crippen LogP contribution >= 0.6 is 0 Å². The van der Waals surface area contributed by atoms with Crippen molar-refractivity contribution in [3.8, 4) is 0 Å². The van der Waals surface area contributed by atoms with Crippen LogP contribution in [0.5, 0.6) is 0 Å². The molecule has 1 aromatic carbocycles. The third kappa shape index (κ3) is 2.90. The molecule has 0 fully saturated rings. The molecule has 0 saturated carbocycles. The van der Waals surface area contributed by atoms with Crippen molar-refractivity contribution in [2.75, 3.05) is 6.54 Å². The second-order valence-corrected chi connectivity index (χ2v) is 2.57. The van der Waals surface area contributed by atoms with E-state index in [1.807, 2.05) is 0 Å². The molecule has 4 nitrogen and oxygen atoms in total. The van der Waals surface area contributed by atoms with Crippen LogP contribution in [0, 0.1) is 0 Å². The van der Waals surface area contributed by atoms with Crippen LogP contribution in [0.25, 0.3) is 0 Å². The summed E-state index contributed by atoms with van der Waals surface area (Å²) in [6.45, 7) is 2.18. The van der Waals surface area contributed by atoms with Gasteiger partial charge in [0.15, 0.2) is 0 Å². The molecule has 14 heavy (non-hydrogen) atoms. The minimum absolute atomic E-state index is 0.360. The second-order valence-electron chi connectivity index (χ2n) is 2.57. The minimum atomic E-state index is -0.721. The molecule has 0 radical (unpaired) electrons. The second kappa shape index (κ2) is 5.01. The normalized spacial score (nSPS) is 9.21. The van der Waals surface area contributed by atoms with Gasteiger partial charge in [0.1, 0.15) is 0 Å². The van der Waals surface area contributed by atoms with Crippen LogP contribution in [0.3, 0.4) is 0 Å². The van der Waals surface area contributed by atoms with E-state index in [1.54, 1.807) is 37.3 Å². The zero-order chi connectivity index (χ0) is 10.4. The zero-order valence-electron chi connectivity index (χ0n) is 7.82. The summed E-state index contributed by atoms with van der Waals surface area (Å²) in [5.41, 5.74) is 0.360. The van der Waals surface area contributed by atoms with E-state index >= 15 is 0 Å². The topological polar surface area (TPSA) is 55.4 Å². The third-order valence-electron chi connectivity index (χ3n) is 1.52. The summed E-state index contributed by atoms with van der Waals surface area (Å²) < 4.78 is 4.49. The first-order chi connectivity index (χ1) is 6.74. The molecule has 1 amide bonds. The molecule has 0 unspecified atom stereocenters. The lowest BCUT2D eigenvalue weighted by atomic mass is 10.2. The fraction of sp³-hybridized carbons (Fsp3) is 0.200. The molecule has 1 rings (SSSR count). The Morgan fingerprint density at radius 1 is 1.29 bits per heavy atom. The Morgan fingerprint density at radius 2 is 1.93 bits per heavy atom. The Hall–Kier alpha value is -1.84. The number of rotatable bonds is 2.